The average Bonchev–Trinajstić information content (AvgIpc) is 2.33. The van der Waals surface area contributed by atoms with Crippen molar-refractivity contribution in [1.82, 2.24) is 9.97 Å². The van der Waals surface area contributed by atoms with E-state index >= 15 is 0 Å². The first-order chi connectivity index (χ1) is 8.09. The summed E-state index contributed by atoms with van der Waals surface area (Å²) in [4.78, 5) is 18.3. The lowest BCUT2D eigenvalue weighted by Crippen LogP contribution is -1.96. The minimum absolute atomic E-state index is 0.116. The zero-order valence-corrected chi connectivity index (χ0v) is 10.6. The standard InChI is InChI=1S/C10H5BrClN3O2/c11-7-4-8(15(16)17)9(14-10(7)12)6-2-1-3-13-5-6/h1-5H. The fraction of sp³-hybridized carbons (Fsp3) is 0. The van der Waals surface area contributed by atoms with Crippen LogP contribution in [-0.4, -0.2) is 14.9 Å². The van der Waals surface area contributed by atoms with Crippen LogP contribution in [0.1, 0.15) is 0 Å². The monoisotopic (exact) mass is 313 g/mol. The van der Waals surface area contributed by atoms with E-state index in [2.05, 4.69) is 25.9 Å². The van der Waals surface area contributed by atoms with Gasteiger partial charge in [-0.25, -0.2) is 4.98 Å². The smallest absolute Gasteiger partial charge is 0.264 e. The van der Waals surface area contributed by atoms with Crippen molar-refractivity contribution in [3.63, 3.8) is 0 Å². The SMILES string of the molecule is O=[N+]([O-])c1cc(Br)c(Cl)nc1-c1cccnc1. The molecule has 0 saturated carbocycles. The molecule has 2 aromatic heterocycles. The highest BCUT2D eigenvalue weighted by Crippen LogP contribution is 2.33. The van der Waals surface area contributed by atoms with Gasteiger partial charge in [0.2, 0.25) is 0 Å². The highest BCUT2D eigenvalue weighted by molar-refractivity contribution is 9.10. The van der Waals surface area contributed by atoms with Crippen LogP contribution in [0.25, 0.3) is 11.3 Å². The van der Waals surface area contributed by atoms with Gasteiger partial charge in [0.15, 0.2) is 5.69 Å². The van der Waals surface area contributed by atoms with Gasteiger partial charge in [-0.3, -0.25) is 15.1 Å². The van der Waals surface area contributed by atoms with Crippen molar-refractivity contribution in [1.29, 1.82) is 0 Å². The van der Waals surface area contributed by atoms with E-state index in [0.717, 1.165) is 0 Å². The molecule has 0 N–H and O–H groups in total. The maximum atomic E-state index is 10.9. The largest absolute Gasteiger partial charge is 0.296 e. The maximum absolute atomic E-state index is 10.9. The number of pyridine rings is 2. The number of halogens is 2. The summed E-state index contributed by atoms with van der Waals surface area (Å²) in [5.74, 6) is 0. The van der Waals surface area contributed by atoms with Crippen molar-refractivity contribution < 1.29 is 4.92 Å². The number of aromatic nitrogens is 2. The fourth-order valence-corrected chi connectivity index (χ4v) is 1.76. The Morgan fingerprint density at radius 1 is 1.47 bits per heavy atom. The van der Waals surface area contributed by atoms with Crippen LogP contribution < -0.4 is 0 Å². The Morgan fingerprint density at radius 3 is 2.82 bits per heavy atom. The van der Waals surface area contributed by atoms with E-state index in [1.54, 1.807) is 18.3 Å². The quantitative estimate of drug-likeness (QED) is 0.483. The minimum Gasteiger partial charge on any atom is -0.264 e. The molecule has 0 fully saturated rings. The van der Waals surface area contributed by atoms with E-state index in [1.807, 2.05) is 0 Å². The molecule has 0 amide bonds. The van der Waals surface area contributed by atoms with E-state index in [9.17, 15) is 10.1 Å². The summed E-state index contributed by atoms with van der Waals surface area (Å²) >= 11 is 8.95. The predicted molar refractivity (Wildman–Crippen MR) is 66.8 cm³/mol. The van der Waals surface area contributed by atoms with Crippen molar-refractivity contribution >= 4 is 33.2 Å². The summed E-state index contributed by atoms with van der Waals surface area (Å²) in [5, 5.41) is 11.1. The summed E-state index contributed by atoms with van der Waals surface area (Å²) in [6.07, 6.45) is 3.08. The van der Waals surface area contributed by atoms with Crippen molar-refractivity contribution in [3.05, 3.63) is 50.3 Å². The van der Waals surface area contributed by atoms with E-state index in [-0.39, 0.29) is 16.5 Å². The summed E-state index contributed by atoms with van der Waals surface area (Å²) in [5.41, 5.74) is 0.638. The molecule has 0 aliphatic heterocycles. The van der Waals surface area contributed by atoms with Crippen LogP contribution in [0.15, 0.2) is 35.1 Å². The lowest BCUT2D eigenvalue weighted by molar-refractivity contribution is -0.384. The third kappa shape index (κ3) is 2.42. The molecule has 0 saturated heterocycles. The van der Waals surface area contributed by atoms with E-state index in [4.69, 9.17) is 11.6 Å². The Labute approximate surface area is 110 Å². The third-order valence-corrected chi connectivity index (χ3v) is 3.17. The van der Waals surface area contributed by atoms with Gasteiger partial charge in [0.25, 0.3) is 5.69 Å². The van der Waals surface area contributed by atoms with Gasteiger partial charge in [0.1, 0.15) is 5.15 Å². The average molecular weight is 315 g/mol. The number of nitrogens with zero attached hydrogens (tertiary/aromatic N) is 3. The summed E-state index contributed by atoms with van der Waals surface area (Å²) in [6.45, 7) is 0. The molecule has 0 aliphatic carbocycles. The molecule has 0 aromatic carbocycles. The molecule has 86 valence electrons. The molecule has 17 heavy (non-hydrogen) atoms. The van der Waals surface area contributed by atoms with E-state index < -0.39 is 4.92 Å². The number of rotatable bonds is 2. The van der Waals surface area contributed by atoms with Crippen LogP contribution in [0, 0.1) is 10.1 Å². The first-order valence-electron chi connectivity index (χ1n) is 4.50. The second kappa shape index (κ2) is 4.77. The maximum Gasteiger partial charge on any atom is 0.296 e. The highest BCUT2D eigenvalue weighted by Gasteiger charge is 2.19. The van der Waals surface area contributed by atoms with Gasteiger partial charge >= 0.3 is 0 Å². The zero-order valence-electron chi connectivity index (χ0n) is 8.30. The van der Waals surface area contributed by atoms with Crippen LogP contribution in [0.2, 0.25) is 5.15 Å². The molecule has 2 heterocycles. The molecule has 5 nitrogen and oxygen atoms in total. The van der Waals surface area contributed by atoms with Gasteiger partial charge in [-0.15, -0.1) is 0 Å². The Morgan fingerprint density at radius 2 is 2.24 bits per heavy atom. The highest BCUT2D eigenvalue weighted by atomic mass is 79.9. The molecular weight excluding hydrogens is 309 g/mol. The molecule has 7 heteroatoms. The summed E-state index contributed by atoms with van der Waals surface area (Å²) < 4.78 is 0.388. The van der Waals surface area contributed by atoms with Gasteiger partial charge < -0.3 is 0 Å². The molecular formula is C10H5BrClN3O2. The topological polar surface area (TPSA) is 68.9 Å². The zero-order chi connectivity index (χ0) is 12.4. The lowest BCUT2D eigenvalue weighted by atomic mass is 10.1. The van der Waals surface area contributed by atoms with Gasteiger partial charge in [-0.1, -0.05) is 11.6 Å². The van der Waals surface area contributed by atoms with Gasteiger partial charge in [0.05, 0.1) is 9.40 Å². The van der Waals surface area contributed by atoms with Crippen LogP contribution >= 0.6 is 27.5 Å². The fourth-order valence-electron chi connectivity index (χ4n) is 1.31. The van der Waals surface area contributed by atoms with Gasteiger partial charge in [-0.2, -0.15) is 0 Å². The van der Waals surface area contributed by atoms with Crippen LogP contribution in [-0.2, 0) is 0 Å². The first-order valence-corrected chi connectivity index (χ1v) is 5.67. The van der Waals surface area contributed by atoms with Crippen LogP contribution in [0.5, 0.6) is 0 Å². The van der Waals surface area contributed by atoms with Gasteiger partial charge in [0, 0.05) is 24.0 Å². The molecule has 0 radical (unpaired) electrons. The Kier molecular flexibility index (Phi) is 3.35. The Balaban J connectivity index is 2.68. The van der Waals surface area contributed by atoms with E-state index in [0.29, 0.717) is 10.0 Å². The lowest BCUT2D eigenvalue weighted by Gasteiger charge is -2.03. The van der Waals surface area contributed by atoms with E-state index in [1.165, 1.54) is 12.3 Å². The Hall–Kier alpha value is -1.53. The first kappa shape index (κ1) is 11.9. The normalized spacial score (nSPS) is 10.2. The number of hydrogen-bond acceptors (Lipinski definition) is 4. The minimum atomic E-state index is -0.504. The number of nitro groups is 1. The molecule has 0 atom stereocenters. The van der Waals surface area contributed by atoms with Crippen LogP contribution in [0.4, 0.5) is 5.69 Å². The molecule has 0 aliphatic rings. The molecule has 0 spiro atoms. The second-order valence-electron chi connectivity index (χ2n) is 3.13. The summed E-state index contributed by atoms with van der Waals surface area (Å²) in [7, 11) is 0. The number of hydrogen-bond donors (Lipinski definition) is 0. The van der Waals surface area contributed by atoms with Crippen molar-refractivity contribution in [2.24, 2.45) is 0 Å². The summed E-state index contributed by atoms with van der Waals surface area (Å²) in [6, 6.07) is 4.70. The Bertz CT molecular complexity index is 577. The second-order valence-corrected chi connectivity index (χ2v) is 4.34. The third-order valence-electron chi connectivity index (χ3n) is 2.04. The van der Waals surface area contributed by atoms with Gasteiger partial charge in [-0.05, 0) is 28.1 Å². The van der Waals surface area contributed by atoms with Crippen molar-refractivity contribution in [2.45, 2.75) is 0 Å². The predicted octanol–water partition coefficient (Wildman–Crippen LogP) is 3.47. The molecule has 0 unspecified atom stereocenters. The van der Waals surface area contributed by atoms with Crippen molar-refractivity contribution in [3.8, 4) is 11.3 Å². The van der Waals surface area contributed by atoms with Crippen molar-refractivity contribution in [2.75, 3.05) is 0 Å². The molecule has 0 bridgehead atoms. The van der Waals surface area contributed by atoms with Crippen LogP contribution in [0.3, 0.4) is 0 Å². The molecule has 2 aromatic rings. The molecule has 2 rings (SSSR count).